The largest absolute Gasteiger partial charge is 0.379 e. The number of benzene rings is 1. The number of rotatable bonds is 5. The van der Waals surface area contributed by atoms with Crippen LogP contribution >= 0.6 is 0 Å². The fourth-order valence-corrected chi connectivity index (χ4v) is 5.51. The van der Waals surface area contributed by atoms with Gasteiger partial charge in [-0.3, -0.25) is 18.9 Å². The zero-order valence-electron chi connectivity index (χ0n) is 19.1. The van der Waals surface area contributed by atoms with Crippen molar-refractivity contribution < 1.29 is 9.53 Å². The molecule has 0 radical (unpaired) electrons. The quantitative estimate of drug-likeness (QED) is 0.667. The minimum absolute atomic E-state index is 0.0391. The Hall–Kier alpha value is -2.64. The topological polar surface area (TPSA) is 68.0 Å². The number of hydrogen-bond acceptors (Lipinski definition) is 4. The highest BCUT2D eigenvalue weighted by Crippen LogP contribution is 2.27. The van der Waals surface area contributed by atoms with E-state index in [0.717, 1.165) is 42.3 Å². The number of nitrogens with one attached hydrogen (secondary N) is 1. The van der Waals surface area contributed by atoms with Crippen LogP contribution in [0.15, 0.2) is 35.3 Å². The van der Waals surface area contributed by atoms with Crippen molar-refractivity contribution in [3.05, 3.63) is 52.1 Å². The Morgan fingerprint density at radius 2 is 2.06 bits per heavy atom. The van der Waals surface area contributed by atoms with E-state index in [4.69, 9.17) is 4.74 Å². The van der Waals surface area contributed by atoms with Crippen molar-refractivity contribution in [3.8, 4) is 0 Å². The highest BCUT2D eigenvalue weighted by molar-refractivity contribution is 5.99. The first-order valence-electron chi connectivity index (χ1n) is 11.7. The number of para-hydroxylation sites is 1. The first kappa shape index (κ1) is 21.2. The molecule has 2 aliphatic heterocycles. The molecule has 7 heteroatoms. The number of aryl methyl sites for hydroxylation is 1. The Morgan fingerprint density at radius 1 is 1.25 bits per heavy atom. The van der Waals surface area contributed by atoms with Crippen molar-refractivity contribution in [2.75, 3.05) is 26.3 Å². The normalized spacial score (nSPS) is 21.9. The molecule has 7 nitrogen and oxygen atoms in total. The molecule has 1 amide bonds. The summed E-state index contributed by atoms with van der Waals surface area (Å²) in [6.45, 7) is 9.21. The number of hydrogen-bond donors (Lipinski definition) is 1. The predicted molar refractivity (Wildman–Crippen MR) is 126 cm³/mol. The molecule has 2 aliphatic rings. The van der Waals surface area contributed by atoms with Crippen LogP contribution in [0.4, 0.5) is 0 Å². The van der Waals surface area contributed by atoms with Gasteiger partial charge in [-0.25, -0.2) is 0 Å². The summed E-state index contributed by atoms with van der Waals surface area (Å²) in [6, 6.07) is 8.69. The lowest BCUT2D eigenvalue weighted by atomic mass is 10.2. The van der Waals surface area contributed by atoms with Gasteiger partial charge in [0.2, 0.25) is 0 Å². The Kier molecular flexibility index (Phi) is 5.55. The predicted octanol–water partition coefficient (Wildman–Crippen LogP) is 3.13. The minimum atomic E-state index is -0.140. The van der Waals surface area contributed by atoms with Gasteiger partial charge in [-0.15, -0.1) is 0 Å². The maximum atomic E-state index is 13.5. The van der Waals surface area contributed by atoms with E-state index >= 15 is 0 Å². The number of fused-ring (bicyclic) bond motifs is 3. The highest BCUT2D eigenvalue weighted by Gasteiger charge is 2.29. The third kappa shape index (κ3) is 3.44. The Morgan fingerprint density at radius 3 is 2.81 bits per heavy atom. The lowest BCUT2D eigenvalue weighted by molar-refractivity contribution is 0.0928. The smallest absolute Gasteiger partial charge is 0.275 e. The number of likely N-dealkylation sites (tertiary alicyclic amines) is 1. The van der Waals surface area contributed by atoms with Crippen molar-refractivity contribution >= 4 is 22.3 Å². The van der Waals surface area contributed by atoms with E-state index in [-0.39, 0.29) is 17.5 Å². The van der Waals surface area contributed by atoms with Gasteiger partial charge in [-0.1, -0.05) is 18.2 Å². The van der Waals surface area contributed by atoms with Gasteiger partial charge in [0.15, 0.2) is 0 Å². The first-order chi connectivity index (χ1) is 15.5. The average Bonchev–Trinajstić information content (AvgIpc) is 3.53. The van der Waals surface area contributed by atoms with Gasteiger partial charge < -0.3 is 14.6 Å². The maximum absolute atomic E-state index is 13.5. The second-order valence-electron chi connectivity index (χ2n) is 9.41. The Bertz CT molecular complexity index is 1220. The number of carbonyl (C=O) groups excluding carboxylic acids is 1. The van der Waals surface area contributed by atoms with Crippen LogP contribution in [-0.2, 0) is 4.74 Å². The van der Waals surface area contributed by atoms with Crippen LogP contribution in [0.1, 0.15) is 55.2 Å². The van der Waals surface area contributed by atoms with E-state index < -0.39 is 0 Å². The van der Waals surface area contributed by atoms with Crippen molar-refractivity contribution in [2.45, 2.75) is 58.2 Å². The third-order valence-electron chi connectivity index (χ3n) is 7.18. The molecule has 4 heterocycles. The summed E-state index contributed by atoms with van der Waals surface area (Å²) in [5, 5.41) is 4.18. The molecular formula is C25H32N4O3. The number of aromatic nitrogens is 2. The molecule has 0 bridgehead atoms. The molecule has 1 N–H and O–H groups in total. The monoisotopic (exact) mass is 436 g/mol. The molecule has 2 atom stereocenters. The first-order valence-corrected chi connectivity index (χ1v) is 11.7. The lowest BCUT2D eigenvalue weighted by Gasteiger charge is -2.28. The summed E-state index contributed by atoms with van der Waals surface area (Å²) >= 11 is 0. The van der Waals surface area contributed by atoms with E-state index in [1.165, 1.54) is 0 Å². The second kappa shape index (κ2) is 8.37. The number of nitrogens with zero attached hydrogens (tertiary/aromatic N) is 3. The zero-order chi connectivity index (χ0) is 22.4. The number of carbonyl (C=O) groups is 1. The second-order valence-corrected chi connectivity index (χ2v) is 9.41. The molecule has 0 saturated carbocycles. The molecule has 170 valence electrons. The molecule has 0 spiro atoms. The highest BCUT2D eigenvalue weighted by atomic mass is 16.5. The van der Waals surface area contributed by atoms with Crippen molar-refractivity contribution in [3.63, 3.8) is 0 Å². The van der Waals surface area contributed by atoms with Crippen LogP contribution in [0.2, 0.25) is 0 Å². The zero-order valence-corrected chi connectivity index (χ0v) is 19.1. The van der Waals surface area contributed by atoms with Gasteiger partial charge in [-0.2, -0.15) is 0 Å². The van der Waals surface area contributed by atoms with Gasteiger partial charge in [0.25, 0.3) is 11.5 Å². The molecule has 2 saturated heterocycles. The summed E-state index contributed by atoms with van der Waals surface area (Å²) in [7, 11) is 0. The molecule has 2 fully saturated rings. The fourth-order valence-electron chi connectivity index (χ4n) is 5.51. The molecule has 5 rings (SSSR count). The summed E-state index contributed by atoms with van der Waals surface area (Å²) in [4.78, 5) is 29.5. The van der Waals surface area contributed by atoms with Crippen LogP contribution < -0.4 is 10.9 Å². The van der Waals surface area contributed by atoms with E-state index in [1.54, 1.807) is 10.8 Å². The SMILES string of the molecule is Cc1c2ccccc2n2c(C(=O)NCC3CCCN3C(C)C)cn(C3CCOC3)c(=O)c12. The van der Waals surface area contributed by atoms with Crippen molar-refractivity contribution in [2.24, 2.45) is 0 Å². The van der Waals surface area contributed by atoms with E-state index in [1.807, 2.05) is 35.6 Å². The van der Waals surface area contributed by atoms with Crippen LogP contribution in [0.25, 0.3) is 16.4 Å². The summed E-state index contributed by atoms with van der Waals surface area (Å²) in [5.41, 5.74) is 2.82. The summed E-state index contributed by atoms with van der Waals surface area (Å²) < 4.78 is 9.12. The van der Waals surface area contributed by atoms with E-state index in [9.17, 15) is 9.59 Å². The summed E-state index contributed by atoms with van der Waals surface area (Å²) in [6.07, 6.45) is 4.78. The number of amides is 1. The third-order valence-corrected chi connectivity index (χ3v) is 7.18. The van der Waals surface area contributed by atoms with E-state index in [2.05, 4.69) is 24.1 Å². The van der Waals surface area contributed by atoms with Crippen LogP contribution in [0.3, 0.4) is 0 Å². The minimum Gasteiger partial charge on any atom is -0.379 e. The molecule has 0 aliphatic carbocycles. The van der Waals surface area contributed by atoms with Crippen molar-refractivity contribution in [1.82, 2.24) is 19.2 Å². The molecule has 32 heavy (non-hydrogen) atoms. The molecule has 1 aromatic carbocycles. The molecule has 2 unspecified atom stereocenters. The average molecular weight is 437 g/mol. The Labute approximate surface area is 188 Å². The van der Waals surface area contributed by atoms with Gasteiger partial charge in [-0.05, 0) is 58.2 Å². The maximum Gasteiger partial charge on any atom is 0.275 e. The van der Waals surface area contributed by atoms with Crippen LogP contribution in [-0.4, -0.2) is 58.2 Å². The van der Waals surface area contributed by atoms with Gasteiger partial charge in [0, 0.05) is 36.8 Å². The van der Waals surface area contributed by atoms with Gasteiger partial charge >= 0.3 is 0 Å². The van der Waals surface area contributed by atoms with Gasteiger partial charge in [0.05, 0.1) is 18.2 Å². The molecule has 3 aromatic rings. The molecular weight excluding hydrogens is 404 g/mol. The lowest BCUT2D eigenvalue weighted by Crippen LogP contribution is -2.43. The number of ether oxygens (including phenoxy) is 1. The fraction of sp³-hybridized carbons (Fsp3) is 0.520. The standard InChI is InChI=1S/C25H32N4O3/c1-16(2)27-11-6-7-18(27)13-26-24(30)22-14-28(19-10-12-32-15-19)25(31)23-17(3)20-8-4-5-9-21(20)29(22)23/h4-5,8-9,14,16,18-19H,6-7,10-13,15H2,1-3H3,(H,26,30). The molecule has 2 aromatic heterocycles. The van der Waals surface area contributed by atoms with Crippen molar-refractivity contribution in [1.29, 1.82) is 0 Å². The van der Waals surface area contributed by atoms with Crippen LogP contribution in [0, 0.1) is 6.92 Å². The van der Waals surface area contributed by atoms with Crippen LogP contribution in [0.5, 0.6) is 0 Å². The Balaban J connectivity index is 1.59. The summed E-state index contributed by atoms with van der Waals surface area (Å²) in [5.74, 6) is -0.140. The van der Waals surface area contributed by atoms with E-state index in [0.29, 0.717) is 43.1 Å². The van der Waals surface area contributed by atoms with Gasteiger partial charge in [0.1, 0.15) is 11.2 Å².